The number of halogens is 7. The van der Waals surface area contributed by atoms with Crippen molar-refractivity contribution in [3.05, 3.63) is 0 Å². The van der Waals surface area contributed by atoms with Crippen LogP contribution < -0.4 is 0 Å². The van der Waals surface area contributed by atoms with Gasteiger partial charge in [-0.05, 0) is 12.3 Å². The Balaban J connectivity index is 5.02. The predicted octanol–water partition coefficient (Wildman–Crippen LogP) is 3.58. The van der Waals surface area contributed by atoms with Gasteiger partial charge in [0.2, 0.25) is 0 Å². The zero-order chi connectivity index (χ0) is 14.6. The first-order valence-electron chi connectivity index (χ1n) is 4.84. The van der Waals surface area contributed by atoms with E-state index in [4.69, 9.17) is 0 Å². The van der Waals surface area contributed by atoms with Crippen LogP contribution in [-0.4, -0.2) is 23.8 Å². The van der Waals surface area contributed by atoms with Crippen molar-refractivity contribution in [2.24, 2.45) is 0 Å². The molecule has 0 aliphatic rings. The molecule has 0 saturated heterocycles. The minimum absolute atomic E-state index is 0.0318. The molecule has 0 aromatic rings. The molecule has 0 rings (SSSR count). The highest BCUT2D eigenvalue weighted by atomic mass is 19.4. The third kappa shape index (κ3) is 3.37. The molecule has 0 fully saturated rings. The zero-order valence-electron chi connectivity index (χ0n) is 9.18. The number of rotatable bonds is 4. The number of hydrogen-bond acceptors (Lipinski definition) is 1. The predicted molar refractivity (Wildman–Crippen MR) is 48.3 cm³/mol. The third-order valence-electron chi connectivity index (χ3n) is 1.89. The first-order valence-corrected chi connectivity index (χ1v) is 4.84. The summed E-state index contributed by atoms with van der Waals surface area (Å²) in [5.74, 6) is -12.1. The Morgan fingerprint density at radius 1 is 1.06 bits per heavy atom. The Morgan fingerprint density at radius 2 is 1.56 bits per heavy atom. The van der Waals surface area contributed by atoms with E-state index in [1.165, 1.54) is 0 Å². The Morgan fingerprint density at radius 3 is 1.94 bits per heavy atom. The van der Waals surface area contributed by atoms with Gasteiger partial charge in [0.15, 0.2) is 0 Å². The number of Topliss-reactive ketones (excluding diaryl/α,β-unsaturated/α-hetero) is 1. The minimum atomic E-state index is -6.52. The Bertz CT molecular complexity index is 359. The molecule has 1 nitrogen and oxygen atoms in total. The van der Waals surface area contributed by atoms with Gasteiger partial charge in [-0.3, -0.25) is 4.79 Å². The van der Waals surface area contributed by atoms with E-state index in [0.29, 0.717) is 12.8 Å². The van der Waals surface area contributed by atoms with Crippen molar-refractivity contribution in [1.82, 2.24) is 0 Å². The number of carbonyl (C=O) groups excluding carboxylic acids is 1. The third-order valence-corrected chi connectivity index (χ3v) is 1.89. The molecule has 0 saturated carbocycles. The average Bonchev–Trinajstić information content (AvgIpc) is 2.22. The summed E-state index contributed by atoms with van der Waals surface area (Å²) in [4.78, 5) is 10.6. The van der Waals surface area contributed by atoms with Gasteiger partial charge in [0.05, 0.1) is 0 Å². The summed E-state index contributed by atoms with van der Waals surface area (Å²) in [6, 6.07) is 0. The summed E-state index contributed by atoms with van der Waals surface area (Å²) in [5, 5.41) is 0. The van der Waals surface area contributed by atoms with E-state index in [1.807, 2.05) is 5.92 Å². The highest BCUT2D eigenvalue weighted by Gasteiger charge is 2.75. The second-order valence-electron chi connectivity index (χ2n) is 3.38. The van der Waals surface area contributed by atoms with Gasteiger partial charge in [0.25, 0.3) is 5.78 Å². The van der Waals surface area contributed by atoms with E-state index < -0.39 is 23.8 Å². The Hall–Kier alpha value is -1.26. The summed E-state index contributed by atoms with van der Waals surface area (Å²) in [6.07, 6.45) is -5.52. The standard InChI is InChI=1S/C10H9F7O/c1-2-3-4-5-6-7(18)8(11,12)9(13,14)10(15,16)17/h2-4H2,1H3. The van der Waals surface area contributed by atoms with Gasteiger partial charge >= 0.3 is 18.0 Å². The maximum absolute atomic E-state index is 12.7. The highest BCUT2D eigenvalue weighted by molar-refractivity contribution is 6.01. The van der Waals surface area contributed by atoms with Gasteiger partial charge in [-0.15, -0.1) is 0 Å². The quantitative estimate of drug-likeness (QED) is 0.332. The van der Waals surface area contributed by atoms with Gasteiger partial charge in [0, 0.05) is 6.42 Å². The zero-order valence-corrected chi connectivity index (χ0v) is 9.18. The van der Waals surface area contributed by atoms with Gasteiger partial charge in [0.1, 0.15) is 0 Å². The van der Waals surface area contributed by atoms with Crippen molar-refractivity contribution < 1.29 is 35.5 Å². The maximum atomic E-state index is 12.7. The first-order chi connectivity index (χ1) is 7.98. The number of ketones is 1. The van der Waals surface area contributed by atoms with Crippen LogP contribution in [0.2, 0.25) is 0 Å². The van der Waals surface area contributed by atoms with Crippen molar-refractivity contribution in [1.29, 1.82) is 0 Å². The van der Waals surface area contributed by atoms with Crippen molar-refractivity contribution >= 4 is 5.78 Å². The molecule has 0 aliphatic carbocycles. The summed E-state index contributed by atoms with van der Waals surface area (Å²) in [5.41, 5.74) is 0. The molecular weight excluding hydrogens is 269 g/mol. The fourth-order valence-corrected chi connectivity index (χ4v) is 0.807. The van der Waals surface area contributed by atoms with Crippen molar-refractivity contribution in [2.75, 3.05) is 0 Å². The van der Waals surface area contributed by atoms with Crippen LogP contribution in [0.4, 0.5) is 30.7 Å². The number of hydrogen-bond donors (Lipinski definition) is 0. The van der Waals surface area contributed by atoms with Crippen molar-refractivity contribution in [3.8, 4) is 11.8 Å². The van der Waals surface area contributed by atoms with Gasteiger partial charge in [-0.2, -0.15) is 30.7 Å². The second-order valence-corrected chi connectivity index (χ2v) is 3.38. The van der Waals surface area contributed by atoms with Crippen LogP contribution in [0.5, 0.6) is 0 Å². The van der Waals surface area contributed by atoms with E-state index in [0.717, 1.165) is 5.92 Å². The lowest BCUT2D eigenvalue weighted by Gasteiger charge is -2.25. The van der Waals surface area contributed by atoms with Crippen LogP contribution in [0, 0.1) is 11.8 Å². The smallest absolute Gasteiger partial charge is 0.278 e. The van der Waals surface area contributed by atoms with E-state index in [1.54, 1.807) is 6.92 Å². The maximum Gasteiger partial charge on any atom is 0.460 e. The summed E-state index contributed by atoms with van der Waals surface area (Å²) < 4.78 is 85.2. The van der Waals surface area contributed by atoms with E-state index in [2.05, 4.69) is 0 Å². The van der Waals surface area contributed by atoms with Crippen molar-refractivity contribution in [2.45, 2.75) is 44.2 Å². The van der Waals surface area contributed by atoms with Crippen LogP contribution in [0.25, 0.3) is 0 Å². The minimum Gasteiger partial charge on any atom is -0.278 e. The lowest BCUT2D eigenvalue weighted by Crippen LogP contribution is -2.55. The molecule has 0 spiro atoms. The molecule has 104 valence electrons. The van der Waals surface area contributed by atoms with E-state index in [-0.39, 0.29) is 6.42 Å². The first kappa shape index (κ1) is 16.7. The molecule has 0 unspecified atom stereocenters. The molecule has 0 aromatic heterocycles. The number of unbranched alkanes of at least 4 members (excludes halogenated alkanes) is 2. The average molecular weight is 278 g/mol. The lowest BCUT2D eigenvalue weighted by molar-refractivity contribution is -0.342. The summed E-state index contributed by atoms with van der Waals surface area (Å²) in [7, 11) is 0. The number of alkyl halides is 7. The molecule has 0 radical (unpaired) electrons. The fraction of sp³-hybridized carbons (Fsp3) is 0.700. The van der Waals surface area contributed by atoms with Crippen LogP contribution in [-0.2, 0) is 4.79 Å². The van der Waals surface area contributed by atoms with E-state index in [9.17, 15) is 35.5 Å². The largest absolute Gasteiger partial charge is 0.460 e. The van der Waals surface area contributed by atoms with Crippen molar-refractivity contribution in [3.63, 3.8) is 0 Å². The fourth-order valence-electron chi connectivity index (χ4n) is 0.807. The number of carbonyl (C=O) groups is 1. The summed E-state index contributed by atoms with van der Waals surface area (Å²) in [6.45, 7) is 1.72. The summed E-state index contributed by atoms with van der Waals surface area (Å²) >= 11 is 0. The van der Waals surface area contributed by atoms with E-state index >= 15 is 0 Å². The molecule has 0 amide bonds. The van der Waals surface area contributed by atoms with Gasteiger partial charge < -0.3 is 0 Å². The van der Waals surface area contributed by atoms with Gasteiger partial charge in [-0.25, -0.2) is 0 Å². The highest BCUT2D eigenvalue weighted by Crippen LogP contribution is 2.46. The monoisotopic (exact) mass is 278 g/mol. The molecule has 0 atom stereocenters. The Kier molecular flexibility index (Phi) is 5.20. The molecular formula is C10H9F7O. The Labute approximate surface area is 98.3 Å². The molecule has 18 heavy (non-hydrogen) atoms. The molecule has 0 heterocycles. The topological polar surface area (TPSA) is 17.1 Å². The molecule has 0 N–H and O–H groups in total. The molecule has 0 aliphatic heterocycles. The van der Waals surface area contributed by atoms with Crippen LogP contribution in [0.15, 0.2) is 0 Å². The van der Waals surface area contributed by atoms with Crippen LogP contribution >= 0.6 is 0 Å². The van der Waals surface area contributed by atoms with Crippen LogP contribution in [0.3, 0.4) is 0 Å². The normalized spacial score (nSPS) is 12.9. The van der Waals surface area contributed by atoms with Crippen LogP contribution in [0.1, 0.15) is 26.2 Å². The molecule has 0 bridgehead atoms. The molecule has 8 heteroatoms. The molecule has 0 aromatic carbocycles. The lowest BCUT2D eigenvalue weighted by atomic mass is 10.1. The second kappa shape index (κ2) is 5.59. The van der Waals surface area contributed by atoms with Gasteiger partial charge in [-0.1, -0.05) is 19.3 Å². The SMILES string of the molecule is CCCCC#CC(=O)C(F)(F)C(F)(F)C(F)(F)F.